The largest absolute Gasteiger partial charge is 0.493 e. The molecule has 1 aromatic rings. The van der Waals surface area contributed by atoms with Gasteiger partial charge in [-0.3, -0.25) is 0 Å². The highest BCUT2D eigenvalue weighted by Crippen LogP contribution is 2.32. The molecular formula is C18H27N3O2. The molecule has 5 heteroatoms. The Bertz CT molecular complexity index is 563. The van der Waals surface area contributed by atoms with Crippen molar-refractivity contribution < 1.29 is 9.47 Å². The first-order valence-corrected chi connectivity index (χ1v) is 8.10. The van der Waals surface area contributed by atoms with Crippen LogP contribution >= 0.6 is 0 Å². The van der Waals surface area contributed by atoms with Crippen LogP contribution < -0.4 is 20.5 Å². The van der Waals surface area contributed by atoms with Gasteiger partial charge in [-0.15, -0.1) is 0 Å². The van der Waals surface area contributed by atoms with Crippen LogP contribution in [0.1, 0.15) is 38.2 Å². The molecule has 3 N–H and O–H groups in total. The molecule has 1 aliphatic rings. The highest BCUT2D eigenvalue weighted by atomic mass is 16.5. The van der Waals surface area contributed by atoms with E-state index >= 15 is 0 Å². The maximum absolute atomic E-state index is 6.04. The Morgan fingerprint density at radius 2 is 2.09 bits per heavy atom. The van der Waals surface area contributed by atoms with Gasteiger partial charge < -0.3 is 20.5 Å². The van der Waals surface area contributed by atoms with E-state index < -0.39 is 0 Å². The minimum atomic E-state index is 0.315. The summed E-state index contributed by atoms with van der Waals surface area (Å²) >= 11 is 0. The van der Waals surface area contributed by atoms with Crippen LogP contribution in [0, 0.1) is 0 Å². The van der Waals surface area contributed by atoms with Crippen molar-refractivity contribution in [2.45, 2.75) is 45.3 Å². The highest BCUT2D eigenvalue weighted by Gasteiger charge is 2.18. The molecule has 23 heavy (non-hydrogen) atoms. The molecule has 0 amide bonds. The molecule has 0 saturated heterocycles. The lowest BCUT2D eigenvalue weighted by Crippen LogP contribution is -2.32. The summed E-state index contributed by atoms with van der Waals surface area (Å²) in [4.78, 5) is 4.32. The standard InChI is InChI=1S/C18H27N3O2/c1-13(2)11-20-18(19)21-12-14-8-9-16(17(10-14)22-3)23-15-6-4-5-7-15/h8-10,15H,1,4-7,11-12H2,2-3H3,(H3,19,20,21). The monoisotopic (exact) mass is 317 g/mol. The molecule has 1 aliphatic carbocycles. The summed E-state index contributed by atoms with van der Waals surface area (Å²) in [6.07, 6.45) is 5.06. The molecule has 0 atom stereocenters. The van der Waals surface area contributed by atoms with Crippen molar-refractivity contribution in [2.75, 3.05) is 13.7 Å². The molecule has 1 aromatic carbocycles. The summed E-state index contributed by atoms with van der Waals surface area (Å²) < 4.78 is 11.5. The van der Waals surface area contributed by atoms with Gasteiger partial charge in [-0.1, -0.05) is 18.2 Å². The van der Waals surface area contributed by atoms with Gasteiger partial charge in [0.1, 0.15) is 0 Å². The lowest BCUT2D eigenvalue weighted by molar-refractivity contribution is 0.200. The van der Waals surface area contributed by atoms with Gasteiger partial charge in [-0.25, -0.2) is 4.99 Å². The number of nitrogens with zero attached hydrogens (tertiary/aromatic N) is 1. The first-order valence-electron chi connectivity index (χ1n) is 8.10. The van der Waals surface area contributed by atoms with Gasteiger partial charge in [0, 0.05) is 6.54 Å². The minimum absolute atomic E-state index is 0.315. The molecule has 0 aromatic heterocycles. The normalized spacial score (nSPS) is 15.5. The third-order valence-corrected chi connectivity index (χ3v) is 3.83. The lowest BCUT2D eigenvalue weighted by atomic mass is 10.2. The number of nitrogens with one attached hydrogen (secondary N) is 1. The molecule has 0 radical (unpaired) electrons. The van der Waals surface area contributed by atoms with Gasteiger partial charge in [0.05, 0.1) is 19.8 Å². The predicted octanol–water partition coefficient (Wildman–Crippen LogP) is 3.00. The van der Waals surface area contributed by atoms with Crippen molar-refractivity contribution in [2.24, 2.45) is 10.7 Å². The summed E-state index contributed by atoms with van der Waals surface area (Å²) in [6, 6.07) is 5.92. The van der Waals surface area contributed by atoms with Crippen molar-refractivity contribution >= 4 is 5.96 Å². The van der Waals surface area contributed by atoms with E-state index in [1.165, 1.54) is 12.8 Å². The fourth-order valence-corrected chi connectivity index (χ4v) is 2.57. The van der Waals surface area contributed by atoms with Gasteiger partial charge in [0.2, 0.25) is 0 Å². The summed E-state index contributed by atoms with van der Waals surface area (Å²) in [6.45, 7) is 6.88. The van der Waals surface area contributed by atoms with E-state index in [-0.39, 0.29) is 0 Å². The molecule has 0 aliphatic heterocycles. The third kappa shape index (κ3) is 5.51. The van der Waals surface area contributed by atoms with Crippen molar-refractivity contribution in [3.8, 4) is 11.5 Å². The van der Waals surface area contributed by atoms with Crippen LogP contribution in [0.5, 0.6) is 11.5 Å². The maximum atomic E-state index is 6.04. The van der Waals surface area contributed by atoms with E-state index in [1.54, 1.807) is 7.11 Å². The fourth-order valence-electron chi connectivity index (χ4n) is 2.57. The number of ether oxygens (including phenoxy) is 2. The molecule has 0 bridgehead atoms. The van der Waals surface area contributed by atoms with Crippen LogP contribution in [-0.4, -0.2) is 25.7 Å². The second-order valence-corrected chi connectivity index (χ2v) is 6.02. The van der Waals surface area contributed by atoms with Crippen LogP contribution in [-0.2, 0) is 6.54 Å². The van der Waals surface area contributed by atoms with E-state index in [0.717, 1.165) is 35.5 Å². The van der Waals surface area contributed by atoms with Crippen molar-refractivity contribution in [1.82, 2.24) is 5.32 Å². The Balaban J connectivity index is 1.97. The first-order chi connectivity index (χ1) is 11.1. The van der Waals surface area contributed by atoms with Gasteiger partial charge in [-0.05, 0) is 50.3 Å². The van der Waals surface area contributed by atoms with Crippen molar-refractivity contribution in [1.29, 1.82) is 0 Å². The molecular weight excluding hydrogens is 290 g/mol. The second kappa shape index (κ2) is 8.46. The number of rotatable bonds is 7. The van der Waals surface area contributed by atoms with E-state index in [1.807, 2.05) is 25.1 Å². The number of nitrogens with two attached hydrogens (primary N) is 1. The van der Waals surface area contributed by atoms with Crippen LogP contribution in [0.25, 0.3) is 0 Å². The molecule has 2 rings (SSSR count). The van der Waals surface area contributed by atoms with E-state index in [4.69, 9.17) is 15.2 Å². The lowest BCUT2D eigenvalue weighted by Gasteiger charge is -2.16. The van der Waals surface area contributed by atoms with Crippen LogP contribution in [0.2, 0.25) is 0 Å². The van der Waals surface area contributed by atoms with E-state index in [0.29, 0.717) is 25.2 Å². The van der Waals surface area contributed by atoms with Gasteiger partial charge >= 0.3 is 0 Å². The zero-order valence-electron chi connectivity index (χ0n) is 14.1. The molecule has 126 valence electrons. The summed E-state index contributed by atoms with van der Waals surface area (Å²) in [5.41, 5.74) is 7.86. The number of methoxy groups -OCH3 is 1. The molecule has 0 unspecified atom stereocenters. The molecule has 1 fully saturated rings. The molecule has 1 saturated carbocycles. The predicted molar refractivity (Wildman–Crippen MR) is 94.0 cm³/mol. The number of hydrogen-bond acceptors (Lipinski definition) is 3. The zero-order valence-corrected chi connectivity index (χ0v) is 14.1. The smallest absolute Gasteiger partial charge is 0.189 e. The summed E-state index contributed by atoms with van der Waals surface area (Å²) in [7, 11) is 1.66. The van der Waals surface area contributed by atoms with Gasteiger partial charge in [0.15, 0.2) is 17.5 Å². The minimum Gasteiger partial charge on any atom is -0.493 e. The third-order valence-electron chi connectivity index (χ3n) is 3.83. The molecule has 0 heterocycles. The quantitative estimate of drug-likeness (QED) is 0.461. The first kappa shape index (κ1) is 17.2. The second-order valence-electron chi connectivity index (χ2n) is 6.02. The Hall–Kier alpha value is -2.17. The maximum Gasteiger partial charge on any atom is 0.189 e. The average molecular weight is 317 g/mol. The molecule has 5 nitrogen and oxygen atoms in total. The summed E-state index contributed by atoms with van der Waals surface area (Å²) in [5, 5.41) is 3.01. The van der Waals surface area contributed by atoms with Crippen LogP contribution in [0.15, 0.2) is 35.3 Å². The van der Waals surface area contributed by atoms with E-state index in [9.17, 15) is 0 Å². The van der Waals surface area contributed by atoms with Gasteiger partial charge in [0.25, 0.3) is 0 Å². The van der Waals surface area contributed by atoms with Crippen molar-refractivity contribution in [3.05, 3.63) is 35.9 Å². The highest BCUT2D eigenvalue weighted by molar-refractivity contribution is 5.78. The number of benzene rings is 1. The summed E-state index contributed by atoms with van der Waals surface area (Å²) in [5.74, 6) is 1.97. The average Bonchev–Trinajstić information content (AvgIpc) is 3.04. The topological polar surface area (TPSA) is 68.9 Å². The van der Waals surface area contributed by atoms with Crippen molar-refractivity contribution in [3.63, 3.8) is 0 Å². The van der Waals surface area contributed by atoms with Gasteiger partial charge in [-0.2, -0.15) is 0 Å². The molecule has 0 spiro atoms. The SMILES string of the molecule is C=C(C)CNC(N)=NCc1ccc(OC2CCCC2)c(OC)c1. The number of guanidine groups is 1. The van der Waals surface area contributed by atoms with Crippen LogP contribution in [0.3, 0.4) is 0 Å². The fraction of sp³-hybridized carbons (Fsp3) is 0.500. The van der Waals surface area contributed by atoms with Crippen LogP contribution in [0.4, 0.5) is 0 Å². The Morgan fingerprint density at radius 1 is 1.35 bits per heavy atom. The Morgan fingerprint density at radius 3 is 2.74 bits per heavy atom. The zero-order chi connectivity index (χ0) is 16.7. The Labute approximate surface area is 138 Å². The Kier molecular flexibility index (Phi) is 6.32. The van der Waals surface area contributed by atoms with E-state index in [2.05, 4.69) is 16.9 Å². The number of hydrogen-bond donors (Lipinski definition) is 2. The number of aliphatic imine (C=N–C) groups is 1.